The standard InChI is InChI=1S/C14H13ClN4O/c15-11-2-1-3-12-10(11)6-13(19-12)14(20)17-5-4-9-7-16-8-18-9/h1-3,6-8,19H,4-5H2,(H,16,18)(H,17,20). The number of imidazole rings is 1. The van der Waals surface area contributed by atoms with Crippen LogP contribution in [0.2, 0.25) is 5.02 Å². The van der Waals surface area contributed by atoms with Gasteiger partial charge in [-0.1, -0.05) is 17.7 Å². The first-order chi connectivity index (χ1) is 9.74. The number of aromatic nitrogens is 3. The number of rotatable bonds is 4. The van der Waals surface area contributed by atoms with Crippen molar-refractivity contribution in [2.24, 2.45) is 0 Å². The van der Waals surface area contributed by atoms with Gasteiger partial charge in [0.2, 0.25) is 0 Å². The summed E-state index contributed by atoms with van der Waals surface area (Å²) in [6.07, 6.45) is 4.08. The zero-order valence-corrected chi connectivity index (χ0v) is 11.4. The van der Waals surface area contributed by atoms with Crippen molar-refractivity contribution < 1.29 is 4.79 Å². The summed E-state index contributed by atoms with van der Waals surface area (Å²) in [5, 5.41) is 4.35. The Labute approximate surface area is 120 Å². The van der Waals surface area contributed by atoms with E-state index in [4.69, 9.17) is 11.6 Å². The Morgan fingerprint density at radius 3 is 3.05 bits per heavy atom. The summed E-state index contributed by atoms with van der Waals surface area (Å²) in [7, 11) is 0. The molecular weight excluding hydrogens is 276 g/mol. The quantitative estimate of drug-likeness (QED) is 0.690. The Kier molecular flexibility index (Phi) is 3.43. The van der Waals surface area contributed by atoms with E-state index in [0.29, 0.717) is 23.7 Å². The molecule has 0 aliphatic heterocycles. The van der Waals surface area contributed by atoms with Crippen molar-refractivity contribution in [3.8, 4) is 0 Å². The average molecular weight is 289 g/mol. The lowest BCUT2D eigenvalue weighted by Crippen LogP contribution is -2.26. The van der Waals surface area contributed by atoms with Gasteiger partial charge in [-0.15, -0.1) is 0 Å². The van der Waals surface area contributed by atoms with Crippen LogP contribution >= 0.6 is 11.6 Å². The van der Waals surface area contributed by atoms with E-state index in [-0.39, 0.29) is 5.91 Å². The lowest BCUT2D eigenvalue weighted by Gasteiger charge is -2.01. The molecule has 1 aromatic carbocycles. The molecule has 0 bridgehead atoms. The summed E-state index contributed by atoms with van der Waals surface area (Å²) in [6, 6.07) is 7.31. The number of carbonyl (C=O) groups is 1. The van der Waals surface area contributed by atoms with Crippen LogP contribution in [0.3, 0.4) is 0 Å². The van der Waals surface area contributed by atoms with Crippen LogP contribution in [0.4, 0.5) is 0 Å². The smallest absolute Gasteiger partial charge is 0.267 e. The number of amides is 1. The maximum absolute atomic E-state index is 12.0. The van der Waals surface area contributed by atoms with Crippen LogP contribution in [0.5, 0.6) is 0 Å². The van der Waals surface area contributed by atoms with E-state index in [2.05, 4.69) is 20.3 Å². The second-order valence-electron chi connectivity index (χ2n) is 4.47. The molecule has 6 heteroatoms. The molecule has 0 aliphatic rings. The predicted octanol–water partition coefficient (Wildman–Crippen LogP) is 2.52. The fourth-order valence-corrected chi connectivity index (χ4v) is 2.30. The normalized spacial score (nSPS) is 10.8. The molecule has 0 atom stereocenters. The van der Waals surface area contributed by atoms with Gasteiger partial charge in [-0.25, -0.2) is 4.98 Å². The highest BCUT2D eigenvalue weighted by Crippen LogP contribution is 2.23. The third-order valence-corrected chi connectivity index (χ3v) is 3.42. The number of halogens is 1. The highest BCUT2D eigenvalue weighted by Gasteiger charge is 2.10. The van der Waals surface area contributed by atoms with Crippen LogP contribution in [-0.2, 0) is 6.42 Å². The van der Waals surface area contributed by atoms with Crippen LogP contribution in [0.1, 0.15) is 16.2 Å². The number of H-pyrrole nitrogens is 2. The van der Waals surface area contributed by atoms with Gasteiger partial charge in [0.1, 0.15) is 5.69 Å². The zero-order valence-electron chi connectivity index (χ0n) is 10.6. The van der Waals surface area contributed by atoms with Crippen LogP contribution in [0.15, 0.2) is 36.8 Å². The number of benzene rings is 1. The molecule has 0 spiro atoms. The van der Waals surface area contributed by atoms with Gasteiger partial charge in [0, 0.05) is 40.8 Å². The molecule has 3 aromatic rings. The SMILES string of the molecule is O=C(NCCc1cnc[nH]1)c1cc2c(Cl)cccc2[nH]1. The molecule has 102 valence electrons. The van der Waals surface area contributed by atoms with E-state index >= 15 is 0 Å². The Morgan fingerprint density at radius 2 is 2.30 bits per heavy atom. The Morgan fingerprint density at radius 1 is 1.40 bits per heavy atom. The maximum Gasteiger partial charge on any atom is 0.267 e. The lowest BCUT2D eigenvalue weighted by atomic mass is 10.2. The zero-order chi connectivity index (χ0) is 13.9. The van der Waals surface area contributed by atoms with Crippen LogP contribution < -0.4 is 5.32 Å². The van der Waals surface area contributed by atoms with Crippen molar-refractivity contribution in [3.63, 3.8) is 0 Å². The Hall–Kier alpha value is -2.27. The van der Waals surface area contributed by atoms with E-state index in [1.54, 1.807) is 24.7 Å². The van der Waals surface area contributed by atoms with E-state index in [0.717, 1.165) is 16.6 Å². The van der Waals surface area contributed by atoms with Gasteiger partial charge in [-0.05, 0) is 18.2 Å². The van der Waals surface area contributed by atoms with Crippen molar-refractivity contribution in [2.75, 3.05) is 6.54 Å². The highest BCUT2D eigenvalue weighted by molar-refractivity contribution is 6.35. The third kappa shape index (κ3) is 2.53. The lowest BCUT2D eigenvalue weighted by molar-refractivity contribution is 0.0950. The van der Waals surface area contributed by atoms with Crippen LogP contribution in [0.25, 0.3) is 10.9 Å². The molecule has 0 unspecified atom stereocenters. The Bertz CT molecular complexity index is 733. The van der Waals surface area contributed by atoms with E-state index in [9.17, 15) is 4.79 Å². The monoisotopic (exact) mass is 288 g/mol. The van der Waals surface area contributed by atoms with Gasteiger partial charge in [0.25, 0.3) is 5.91 Å². The second-order valence-corrected chi connectivity index (χ2v) is 4.87. The number of carbonyl (C=O) groups excluding carboxylic acids is 1. The van der Waals surface area contributed by atoms with Gasteiger partial charge in [-0.2, -0.15) is 0 Å². The summed E-state index contributed by atoms with van der Waals surface area (Å²) in [5.74, 6) is -0.142. The van der Waals surface area contributed by atoms with Crippen molar-refractivity contribution in [2.45, 2.75) is 6.42 Å². The van der Waals surface area contributed by atoms with Gasteiger partial charge in [-0.3, -0.25) is 4.79 Å². The number of nitrogens with zero attached hydrogens (tertiary/aromatic N) is 1. The summed E-state index contributed by atoms with van der Waals surface area (Å²) in [5.41, 5.74) is 2.36. The largest absolute Gasteiger partial charge is 0.350 e. The molecule has 1 amide bonds. The molecule has 0 saturated heterocycles. The fraction of sp³-hybridized carbons (Fsp3) is 0.143. The number of hydrogen-bond acceptors (Lipinski definition) is 2. The molecule has 0 saturated carbocycles. The maximum atomic E-state index is 12.0. The van der Waals surface area contributed by atoms with Crippen LogP contribution in [-0.4, -0.2) is 27.4 Å². The molecule has 3 rings (SSSR count). The molecule has 5 nitrogen and oxygen atoms in total. The van der Waals surface area contributed by atoms with Gasteiger partial charge in [0.05, 0.1) is 6.33 Å². The van der Waals surface area contributed by atoms with Gasteiger partial charge < -0.3 is 15.3 Å². The minimum atomic E-state index is -0.142. The molecule has 20 heavy (non-hydrogen) atoms. The van der Waals surface area contributed by atoms with Crippen molar-refractivity contribution in [3.05, 3.63) is 53.2 Å². The predicted molar refractivity (Wildman–Crippen MR) is 77.9 cm³/mol. The highest BCUT2D eigenvalue weighted by atomic mass is 35.5. The van der Waals surface area contributed by atoms with Crippen molar-refractivity contribution >= 4 is 28.4 Å². The number of aromatic amines is 2. The minimum Gasteiger partial charge on any atom is -0.350 e. The number of hydrogen-bond donors (Lipinski definition) is 3. The average Bonchev–Trinajstić information content (AvgIpc) is 3.07. The summed E-state index contributed by atoms with van der Waals surface area (Å²) < 4.78 is 0. The summed E-state index contributed by atoms with van der Waals surface area (Å²) in [4.78, 5) is 22.0. The van der Waals surface area contributed by atoms with E-state index in [1.165, 1.54) is 0 Å². The third-order valence-electron chi connectivity index (χ3n) is 3.09. The molecule has 2 aromatic heterocycles. The second kappa shape index (κ2) is 5.38. The first-order valence-corrected chi connectivity index (χ1v) is 6.64. The fourth-order valence-electron chi connectivity index (χ4n) is 2.07. The van der Waals surface area contributed by atoms with E-state index < -0.39 is 0 Å². The first-order valence-electron chi connectivity index (χ1n) is 6.27. The van der Waals surface area contributed by atoms with Gasteiger partial charge in [0.15, 0.2) is 0 Å². The molecule has 2 heterocycles. The summed E-state index contributed by atoms with van der Waals surface area (Å²) >= 11 is 6.08. The molecule has 0 aliphatic carbocycles. The molecular formula is C14H13ClN4O. The Balaban J connectivity index is 1.68. The topological polar surface area (TPSA) is 73.6 Å². The first kappa shape index (κ1) is 12.7. The molecule has 3 N–H and O–H groups in total. The number of nitrogens with one attached hydrogen (secondary N) is 3. The van der Waals surface area contributed by atoms with E-state index in [1.807, 2.05) is 12.1 Å². The van der Waals surface area contributed by atoms with Crippen LogP contribution in [0, 0.1) is 0 Å². The minimum absolute atomic E-state index is 0.142. The summed E-state index contributed by atoms with van der Waals surface area (Å²) in [6.45, 7) is 0.546. The molecule has 0 radical (unpaired) electrons. The van der Waals surface area contributed by atoms with Crippen molar-refractivity contribution in [1.82, 2.24) is 20.3 Å². The van der Waals surface area contributed by atoms with Gasteiger partial charge >= 0.3 is 0 Å². The number of fused-ring (bicyclic) bond motifs is 1. The van der Waals surface area contributed by atoms with Crippen molar-refractivity contribution in [1.29, 1.82) is 0 Å². The molecule has 0 fully saturated rings.